The number of likely N-dealkylation sites (tertiary alicyclic amines) is 1. The minimum absolute atomic E-state index is 0.0978. The zero-order valence-electron chi connectivity index (χ0n) is 20.3. The van der Waals surface area contributed by atoms with Gasteiger partial charge in [-0.25, -0.2) is 9.97 Å². The SMILES string of the molecule is N#Cc1cc(-c2ccnc(Nc3ccc(N4CCOCC4)cc3)n2)ccc1OC1CN(C(=O)CCO)C1. The van der Waals surface area contributed by atoms with E-state index in [4.69, 9.17) is 14.6 Å². The molecular formula is C27H28N6O4. The fourth-order valence-electron chi connectivity index (χ4n) is 4.32. The Labute approximate surface area is 215 Å². The number of anilines is 3. The Morgan fingerprint density at radius 1 is 1.16 bits per heavy atom. The number of aliphatic hydroxyl groups excluding tert-OH is 1. The van der Waals surface area contributed by atoms with E-state index in [-0.39, 0.29) is 25.0 Å². The molecule has 2 fully saturated rings. The number of nitriles is 1. The van der Waals surface area contributed by atoms with Gasteiger partial charge in [-0.15, -0.1) is 0 Å². The van der Waals surface area contributed by atoms with Crippen LogP contribution in [0.3, 0.4) is 0 Å². The maximum atomic E-state index is 11.8. The van der Waals surface area contributed by atoms with E-state index in [0.717, 1.165) is 43.2 Å². The number of rotatable bonds is 8. The standard InChI is InChI=1S/C27H28N6O4/c28-16-20-15-19(1-6-25(20)37-23-17-33(18-23)26(35)8-12-34)24-7-9-29-27(31-24)30-21-2-4-22(5-3-21)32-10-13-36-14-11-32/h1-7,9,15,23,34H,8,10-14,17-18H2,(H,29,30,31). The van der Waals surface area contributed by atoms with Crippen LogP contribution in [0.25, 0.3) is 11.3 Å². The first-order valence-electron chi connectivity index (χ1n) is 12.3. The van der Waals surface area contributed by atoms with Gasteiger partial charge in [0.15, 0.2) is 0 Å². The first-order valence-corrected chi connectivity index (χ1v) is 12.3. The van der Waals surface area contributed by atoms with Crippen LogP contribution in [0.15, 0.2) is 54.7 Å². The molecule has 0 unspecified atom stereocenters. The van der Waals surface area contributed by atoms with Gasteiger partial charge in [0.1, 0.15) is 17.9 Å². The highest BCUT2D eigenvalue weighted by Crippen LogP contribution is 2.28. The highest BCUT2D eigenvalue weighted by atomic mass is 16.5. The molecule has 0 aliphatic carbocycles. The number of amides is 1. The Morgan fingerprint density at radius 2 is 1.95 bits per heavy atom. The molecular weight excluding hydrogens is 472 g/mol. The zero-order chi connectivity index (χ0) is 25.6. The van der Waals surface area contributed by atoms with Gasteiger partial charge in [-0.1, -0.05) is 0 Å². The Hall–Kier alpha value is -4.20. The van der Waals surface area contributed by atoms with Crippen molar-refractivity contribution in [3.63, 3.8) is 0 Å². The molecule has 0 saturated carbocycles. The molecule has 190 valence electrons. The van der Waals surface area contributed by atoms with Crippen LogP contribution in [0.1, 0.15) is 12.0 Å². The molecule has 0 spiro atoms. The molecule has 2 aromatic carbocycles. The molecule has 0 bridgehead atoms. The third-order valence-corrected chi connectivity index (χ3v) is 6.37. The molecule has 1 aromatic heterocycles. The number of nitrogens with zero attached hydrogens (tertiary/aromatic N) is 5. The minimum Gasteiger partial charge on any atom is -0.485 e. The summed E-state index contributed by atoms with van der Waals surface area (Å²) in [5, 5.41) is 21.8. The lowest BCUT2D eigenvalue weighted by atomic mass is 10.1. The van der Waals surface area contributed by atoms with Gasteiger partial charge in [0, 0.05) is 42.6 Å². The van der Waals surface area contributed by atoms with Gasteiger partial charge >= 0.3 is 0 Å². The largest absolute Gasteiger partial charge is 0.485 e. The summed E-state index contributed by atoms with van der Waals surface area (Å²) in [6.07, 6.45) is 1.61. The van der Waals surface area contributed by atoms with E-state index in [2.05, 4.69) is 38.4 Å². The van der Waals surface area contributed by atoms with Crippen LogP contribution in [0.5, 0.6) is 5.75 Å². The van der Waals surface area contributed by atoms with E-state index in [0.29, 0.717) is 36.0 Å². The smallest absolute Gasteiger partial charge is 0.227 e. The van der Waals surface area contributed by atoms with Crippen molar-refractivity contribution >= 4 is 23.2 Å². The summed E-state index contributed by atoms with van der Waals surface area (Å²) in [5.41, 5.74) is 3.87. The van der Waals surface area contributed by atoms with Crippen molar-refractivity contribution in [1.82, 2.24) is 14.9 Å². The molecule has 0 radical (unpaired) electrons. The summed E-state index contributed by atoms with van der Waals surface area (Å²) in [7, 11) is 0. The maximum absolute atomic E-state index is 11.8. The molecule has 2 aliphatic rings. The first-order chi connectivity index (χ1) is 18.1. The van der Waals surface area contributed by atoms with Crippen LogP contribution in [-0.4, -0.2) is 78.0 Å². The van der Waals surface area contributed by atoms with Crippen LogP contribution in [0.2, 0.25) is 0 Å². The summed E-state index contributed by atoms with van der Waals surface area (Å²) in [6, 6.07) is 17.5. The van der Waals surface area contributed by atoms with Crippen molar-refractivity contribution in [1.29, 1.82) is 5.26 Å². The van der Waals surface area contributed by atoms with Gasteiger partial charge in [-0.3, -0.25) is 4.79 Å². The Kier molecular flexibility index (Phi) is 7.44. The predicted octanol–water partition coefficient (Wildman–Crippen LogP) is 2.57. The second-order valence-corrected chi connectivity index (χ2v) is 8.87. The van der Waals surface area contributed by atoms with Crippen LogP contribution < -0.4 is 15.0 Å². The topological polar surface area (TPSA) is 124 Å². The summed E-state index contributed by atoms with van der Waals surface area (Å²) in [5.74, 6) is 0.829. The van der Waals surface area contributed by atoms with Crippen LogP contribution >= 0.6 is 0 Å². The number of morpholine rings is 1. The molecule has 5 rings (SSSR count). The van der Waals surface area contributed by atoms with Gasteiger partial charge in [-0.2, -0.15) is 5.26 Å². The lowest BCUT2D eigenvalue weighted by Crippen LogP contribution is -2.56. The number of aliphatic hydroxyl groups is 1. The van der Waals surface area contributed by atoms with Gasteiger partial charge in [0.25, 0.3) is 0 Å². The summed E-state index contributed by atoms with van der Waals surface area (Å²) < 4.78 is 11.4. The fourth-order valence-corrected chi connectivity index (χ4v) is 4.32. The molecule has 2 N–H and O–H groups in total. The van der Waals surface area contributed by atoms with Gasteiger partial charge in [0.2, 0.25) is 11.9 Å². The maximum Gasteiger partial charge on any atom is 0.227 e. The average Bonchev–Trinajstić information content (AvgIpc) is 2.91. The normalized spacial score (nSPS) is 15.6. The Bertz CT molecular complexity index is 1280. The van der Waals surface area contributed by atoms with E-state index in [9.17, 15) is 10.1 Å². The van der Waals surface area contributed by atoms with Gasteiger partial charge < -0.3 is 29.7 Å². The van der Waals surface area contributed by atoms with Gasteiger partial charge in [-0.05, 0) is 48.5 Å². The summed E-state index contributed by atoms with van der Waals surface area (Å²) in [4.78, 5) is 24.7. The third kappa shape index (κ3) is 5.80. The highest BCUT2D eigenvalue weighted by molar-refractivity contribution is 5.77. The monoisotopic (exact) mass is 500 g/mol. The van der Waals surface area contributed by atoms with E-state index < -0.39 is 0 Å². The summed E-state index contributed by atoms with van der Waals surface area (Å²) in [6.45, 7) is 3.98. The number of carbonyl (C=O) groups is 1. The van der Waals surface area contributed by atoms with Gasteiger partial charge in [0.05, 0.1) is 44.2 Å². The second kappa shape index (κ2) is 11.2. The number of ether oxygens (including phenoxy) is 2. The molecule has 3 heterocycles. The average molecular weight is 501 g/mol. The van der Waals surface area contributed by atoms with Crippen LogP contribution in [-0.2, 0) is 9.53 Å². The molecule has 0 atom stereocenters. The van der Waals surface area contributed by atoms with Crippen LogP contribution in [0.4, 0.5) is 17.3 Å². The molecule has 2 saturated heterocycles. The van der Waals surface area contributed by atoms with Crippen molar-refractivity contribution in [3.8, 4) is 23.1 Å². The number of benzene rings is 2. The lowest BCUT2D eigenvalue weighted by molar-refractivity contribution is -0.140. The van der Waals surface area contributed by atoms with Crippen molar-refractivity contribution in [2.75, 3.05) is 56.2 Å². The Morgan fingerprint density at radius 3 is 2.68 bits per heavy atom. The molecule has 10 nitrogen and oxygen atoms in total. The number of hydrogen-bond acceptors (Lipinski definition) is 9. The first kappa shape index (κ1) is 24.5. The Balaban J connectivity index is 1.24. The van der Waals surface area contributed by atoms with Crippen molar-refractivity contribution in [2.45, 2.75) is 12.5 Å². The van der Waals surface area contributed by atoms with E-state index in [1.165, 1.54) is 0 Å². The summed E-state index contributed by atoms with van der Waals surface area (Å²) >= 11 is 0. The number of nitrogens with one attached hydrogen (secondary N) is 1. The predicted molar refractivity (Wildman–Crippen MR) is 138 cm³/mol. The highest BCUT2D eigenvalue weighted by Gasteiger charge is 2.32. The molecule has 1 amide bonds. The van der Waals surface area contributed by atoms with E-state index in [1.807, 2.05) is 18.2 Å². The van der Waals surface area contributed by atoms with Crippen molar-refractivity contribution in [3.05, 3.63) is 60.3 Å². The van der Waals surface area contributed by atoms with E-state index in [1.54, 1.807) is 29.3 Å². The number of hydrogen-bond donors (Lipinski definition) is 2. The second-order valence-electron chi connectivity index (χ2n) is 8.87. The third-order valence-electron chi connectivity index (χ3n) is 6.37. The van der Waals surface area contributed by atoms with Crippen molar-refractivity contribution in [2.24, 2.45) is 0 Å². The molecule has 10 heteroatoms. The molecule has 3 aromatic rings. The van der Waals surface area contributed by atoms with E-state index >= 15 is 0 Å². The van der Waals surface area contributed by atoms with Crippen molar-refractivity contribution < 1.29 is 19.4 Å². The number of carbonyl (C=O) groups excluding carboxylic acids is 1. The minimum atomic E-state index is -0.176. The quantitative estimate of drug-likeness (QED) is 0.480. The zero-order valence-corrected chi connectivity index (χ0v) is 20.3. The van der Waals surface area contributed by atoms with Crippen LogP contribution in [0, 0.1) is 11.3 Å². The lowest BCUT2D eigenvalue weighted by Gasteiger charge is -2.39. The molecule has 2 aliphatic heterocycles. The number of aromatic nitrogens is 2. The molecule has 37 heavy (non-hydrogen) atoms. The fraction of sp³-hybridized carbons (Fsp3) is 0.333.